The average Bonchev–Trinajstić information content (AvgIpc) is 3.27. The summed E-state index contributed by atoms with van der Waals surface area (Å²) < 4.78 is 5.75. The van der Waals surface area contributed by atoms with E-state index in [1.165, 1.54) is 18.4 Å². The Labute approximate surface area is 168 Å². The largest absolute Gasteiger partial charge is 0.493 e. The van der Waals surface area contributed by atoms with Crippen molar-refractivity contribution in [3.63, 3.8) is 0 Å². The van der Waals surface area contributed by atoms with Crippen LogP contribution in [0.25, 0.3) is 6.08 Å². The maximum absolute atomic E-state index is 12.4. The minimum absolute atomic E-state index is 0.0783. The molecule has 1 saturated heterocycles. The lowest BCUT2D eigenvalue weighted by Gasteiger charge is -2.28. The predicted molar refractivity (Wildman–Crippen MR) is 114 cm³/mol. The lowest BCUT2D eigenvalue weighted by atomic mass is 10.1. The molecule has 1 atom stereocenters. The van der Waals surface area contributed by atoms with Gasteiger partial charge in [-0.25, -0.2) is 0 Å². The van der Waals surface area contributed by atoms with E-state index in [-0.39, 0.29) is 11.9 Å². The Kier molecular flexibility index (Phi) is 7.68. The fraction of sp³-hybridized carbons (Fsp3) is 0.375. The summed E-state index contributed by atoms with van der Waals surface area (Å²) in [5, 5.41) is 3.08. The van der Waals surface area contributed by atoms with Crippen LogP contribution >= 0.6 is 0 Å². The Morgan fingerprint density at radius 2 is 1.82 bits per heavy atom. The molecule has 28 heavy (non-hydrogen) atoms. The highest BCUT2D eigenvalue weighted by Crippen LogP contribution is 2.24. The van der Waals surface area contributed by atoms with E-state index in [2.05, 4.69) is 41.4 Å². The molecule has 1 fully saturated rings. The van der Waals surface area contributed by atoms with Gasteiger partial charge in [0.1, 0.15) is 5.75 Å². The van der Waals surface area contributed by atoms with Crippen molar-refractivity contribution in [3.8, 4) is 5.75 Å². The molecule has 0 bridgehead atoms. The smallest absolute Gasteiger partial charge is 0.244 e. The van der Waals surface area contributed by atoms with E-state index >= 15 is 0 Å². The van der Waals surface area contributed by atoms with Crippen LogP contribution in [0.1, 0.15) is 43.4 Å². The lowest BCUT2D eigenvalue weighted by Crippen LogP contribution is -2.36. The Morgan fingerprint density at radius 3 is 2.57 bits per heavy atom. The van der Waals surface area contributed by atoms with E-state index in [1.807, 2.05) is 36.4 Å². The Hall–Kier alpha value is -2.59. The third-order valence-electron chi connectivity index (χ3n) is 5.03. The average molecular weight is 379 g/mol. The molecule has 0 radical (unpaired) electrons. The Balaban J connectivity index is 1.61. The quantitative estimate of drug-likeness (QED) is 0.656. The second kappa shape index (κ2) is 10.7. The molecule has 1 aliphatic heterocycles. The molecule has 3 rings (SSSR count). The fourth-order valence-corrected chi connectivity index (χ4v) is 3.57. The number of hydrogen-bond acceptors (Lipinski definition) is 3. The molecule has 0 saturated carbocycles. The minimum Gasteiger partial charge on any atom is -0.493 e. The topological polar surface area (TPSA) is 41.6 Å². The molecule has 2 aromatic carbocycles. The Morgan fingerprint density at radius 1 is 1.11 bits per heavy atom. The zero-order valence-electron chi connectivity index (χ0n) is 16.6. The standard InChI is InChI=1S/C24H30N2O2/c1-2-18-28-23-13-7-6-12-21(23)14-15-24(27)25-19-22(26-16-8-9-17-26)20-10-4-3-5-11-20/h3-7,10-15,22H,2,8-9,16-19H2,1H3,(H,25,27)/b15-14+. The number of amides is 1. The van der Waals surface area contributed by atoms with Crippen LogP contribution in [0.4, 0.5) is 0 Å². The number of nitrogens with zero attached hydrogens (tertiary/aromatic N) is 1. The molecular weight excluding hydrogens is 348 g/mol. The number of para-hydroxylation sites is 1. The van der Waals surface area contributed by atoms with Crippen molar-refractivity contribution >= 4 is 12.0 Å². The van der Waals surface area contributed by atoms with Gasteiger partial charge < -0.3 is 10.1 Å². The van der Waals surface area contributed by atoms with Gasteiger partial charge in [0.05, 0.1) is 12.6 Å². The molecule has 1 amide bonds. The number of benzene rings is 2. The van der Waals surface area contributed by atoms with Crippen molar-refractivity contribution in [3.05, 3.63) is 71.8 Å². The summed E-state index contributed by atoms with van der Waals surface area (Å²) in [6.45, 7) is 5.54. The summed E-state index contributed by atoms with van der Waals surface area (Å²) in [6, 6.07) is 18.5. The summed E-state index contributed by atoms with van der Waals surface area (Å²) in [4.78, 5) is 14.9. The first kappa shape index (κ1) is 20.2. The first-order valence-electron chi connectivity index (χ1n) is 10.2. The first-order valence-corrected chi connectivity index (χ1v) is 10.2. The Bertz CT molecular complexity index is 767. The molecule has 0 spiro atoms. The molecule has 1 N–H and O–H groups in total. The normalized spacial score (nSPS) is 15.6. The lowest BCUT2D eigenvalue weighted by molar-refractivity contribution is -0.116. The number of carbonyl (C=O) groups excluding carboxylic acids is 1. The molecule has 1 unspecified atom stereocenters. The maximum Gasteiger partial charge on any atom is 0.244 e. The van der Waals surface area contributed by atoms with Crippen LogP contribution in [-0.4, -0.2) is 37.0 Å². The van der Waals surface area contributed by atoms with Gasteiger partial charge in [0.15, 0.2) is 0 Å². The van der Waals surface area contributed by atoms with E-state index in [0.29, 0.717) is 13.2 Å². The second-order valence-electron chi connectivity index (χ2n) is 7.13. The van der Waals surface area contributed by atoms with E-state index in [9.17, 15) is 4.79 Å². The van der Waals surface area contributed by atoms with Gasteiger partial charge in [0, 0.05) is 18.2 Å². The SMILES string of the molecule is CCCOc1ccccc1/C=C/C(=O)NCC(c1ccccc1)N1CCCC1. The maximum atomic E-state index is 12.4. The van der Waals surface area contributed by atoms with E-state index in [1.54, 1.807) is 6.08 Å². The zero-order chi connectivity index (χ0) is 19.6. The van der Waals surface area contributed by atoms with Crippen LogP contribution in [0.5, 0.6) is 5.75 Å². The fourth-order valence-electron chi connectivity index (χ4n) is 3.57. The van der Waals surface area contributed by atoms with Crippen LogP contribution in [0.15, 0.2) is 60.7 Å². The van der Waals surface area contributed by atoms with Crippen LogP contribution in [-0.2, 0) is 4.79 Å². The second-order valence-corrected chi connectivity index (χ2v) is 7.13. The summed E-state index contributed by atoms with van der Waals surface area (Å²) >= 11 is 0. The predicted octanol–water partition coefficient (Wildman–Crippen LogP) is 4.44. The van der Waals surface area contributed by atoms with Crippen LogP contribution in [0.2, 0.25) is 0 Å². The highest BCUT2D eigenvalue weighted by Gasteiger charge is 2.23. The number of carbonyl (C=O) groups is 1. The highest BCUT2D eigenvalue weighted by atomic mass is 16.5. The summed E-state index contributed by atoms with van der Waals surface area (Å²) in [5.74, 6) is 0.734. The van der Waals surface area contributed by atoms with Crippen molar-refractivity contribution < 1.29 is 9.53 Å². The zero-order valence-corrected chi connectivity index (χ0v) is 16.6. The molecule has 148 valence electrons. The van der Waals surface area contributed by atoms with Gasteiger partial charge in [-0.15, -0.1) is 0 Å². The number of rotatable bonds is 9. The minimum atomic E-state index is -0.0783. The highest BCUT2D eigenvalue weighted by molar-refractivity contribution is 5.92. The van der Waals surface area contributed by atoms with E-state index < -0.39 is 0 Å². The van der Waals surface area contributed by atoms with Crippen LogP contribution < -0.4 is 10.1 Å². The molecular formula is C24H30N2O2. The van der Waals surface area contributed by atoms with E-state index in [0.717, 1.165) is 30.8 Å². The van der Waals surface area contributed by atoms with Crippen molar-refractivity contribution in [1.82, 2.24) is 10.2 Å². The molecule has 0 aliphatic carbocycles. The van der Waals surface area contributed by atoms with Crippen molar-refractivity contribution in [2.24, 2.45) is 0 Å². The van der Waals surface area contributed by atoms with Gasteiger partial charge in [-0.3, -0.25) is 9.69 Å². The molecule has 1 aliphatic rings. The third kappa shape index (κ3) is 5.70. The van der Waals surface area contributed by atoms with E-state index in [4.69, 9.17) is 4.74 Å². The van der Waals surface area contributed by atoms with Crippen LogP contribution in [0, 0.1) is 0 Å². The van der Waals surface area contributed by atoms with Gasteiger partial charge in [0.2, 0.25) is 5.91 Å². The molecule has 4 nitrogen and oxygen atoms in total. The van der Waals surface area contributed by atoms with Gasteiger partial charge in [-0.2, -0.15) is 0 Å². The molecule has 2 aromatic rings. The number of ether oxygens (including phenoxy) is 1. The summed E-state index contributed by atoms with van der Waals surface area (Å²) in [5.41, 5.74) is 2.18. The van der Waals surface area contributed by atoms with Crippen molar-refractivity contribution in [2.45, 2.75) is 32.2 Å². The number of hydrogen-bond donors (Lipinski definition) is 1. The third-order valence-corrected chi connectivity index (χ3v) is 5.03. The van der Waals surface area contributed by atoms with Crippen LogP contribution in [0.3, 0.4) is 0 Å². The number of nitrogens with one attached hydrogen (secondary N) is 1. The first-order chi connectivity index (χ1) is 13.8. The van der Waals surface area contributed by atoms with Crippen molar-refractivity contribution in [2.75, 3.05) is 26.2 Å². The molecule has 0 aromatic heterocycles. The van der Waals surface area contributed by atoms with Gasteiger partial charge in [0.25, 0.3) is 0 Å². The molecule has 1 heterocycles. The van der Waals surface area contributed by atoms with Gasteiger partial charge >= 0.3 is 0 Å². The van der Waals surface area contributed by atoms with Gasteiger partial charge in [-0.05, 0) is 50.1 Å². The summed E-state index contributed by atoms with van der Waals surface area (Å²) in [7, 11) is 0. The van der Waals surface area contributed by atoms with Crippen molar-refractivity contribution in [1.29, 1.82) is 0 Å². The molecule has 4 heteroatoms. The summed E-state index contributed by atoms with van der Waals surface area (Å²) in [6.07, 6.45) is 6.83. The van der Waals surface area contributed by atoms with Gasteiger partial charge in [-0.1, -0.05) is 55.5 Å². The monoisotopic (exact) mass is 378 g/mol. The number of likely N-dealkylation sites (tertiary alicyclic amines) is 1.